The number of rotatable bonds is 3. The average molecular weight is 271 g/mol. The lowest BCUT2D eigenvalue weighted by atomic mass is 10.3. The van der Waals surface area contributed by atoms with Crippen molar-refractivity contribution < 1.29 is 13.8 Å². The number of para-hydroxylation sites is 1. The first kappa shape index (κ1) is 12.4. The minimum Gasteiger partial charge on any atom is -0.466 e. The highest BCUT2D eigenvalue weighted by molar-refractivity contribution is 7.80. The van der Waals surface area contributed by atoms with Crippen LogP contribution in [-0.2, 0) is 9.30 Å². The minimum atomic E-state index is -2.99. The van der Waals surface area contributed by atoms with E-state index in [4.69, 9.17) is 21.5 Å². The lowest BCUT2D eigenvalue weighted by molar-refractivity contribution is 0.257. The third kappa shape index (κ3) is 2.79. The molecule has 0 N–H and O–H groups in total. The van der Waals surface area contributed by atoms with Crippen LogP contribution in [-0.4, -0.2) is 29.2 Å². The van der Waals surface area contributed by atoms with Crippen molar-refractivity contribution >= 4 is 24.9 Å². The molecule has 92 valence electrons. The normalized spacial score (nSPS) is 23.1. The molecule has 0 amide bonds. The first-order chi connectivity index (χ1) is 7.99. The summed E-state index contributed by atoms with van der Waals surface area (Å²) in [5.74, 6) is 0.570. The maximum absolute atomic E-state index is 12.5. The zero-order valence-electron chi connectivity index (χ0n) is 9.70. The van der Waals surface area contributed by atoms with Gasteiger partial charge in [-0.1, -0.05) is 18.2 Å². The number of thiocarbonyl (C=S) groups is 1. The van der Waals surface area contributed by atoms with Crippen LogP contribution in [0.15, 0.2) is 30.3 Å². The smallest absolute Gasteiger partial charge is 0.343 e. The van der Waals surface area contributed by atoms with E-state index in [1.807, 2.05) is 25.1 Å². The Morgan fingerprint density at radius 2 is 2.12 bits per heavy atom. The molecule has 0 aromatic heterocycles. The fraction of sp³-hybridized carbons (Fsp3) is 0.364. The Morgan fingerprint density at radius 1 is 1.47 bits per heavy atom. The Hall–Kier alpha value is -1.06. The largest absolute Gasteiger partial charge is 0.466 e. The van der Waals surface area contributed by atoms with Crippen LogP contribution in [0, 0.1) is 0 Å². The summed E-state index contributed by atoms with van der Waals surface area (Å²) >= 11 is 5.03. The molecule has 1 aromatic carbocycles. The van der Waals surface area contributed by atoms with Gasteiger partial charge in [-0.2, -0.15) is 0 Å². The highest BCUT2D eigenvalue weighted by Gasteiger charge is 2.37. The summed E-state index contributed by atoms with van der Waals surface area (Å²) < 4.78 is 24.8. The van der Waals surface area contributed by atoms with E-state index in [-0.39, 0.29) is 11.3 Å². The van der Waals surface area contributed by atoms with E-state index in [0.717, 1.165) is 0 Å². The molecule has 0 saturated carbocycles. The monoisotopic (exact) mass is 271 g/mol. The highest BCUT2D eigenvalue weighted by atomic mass is 32.1. The Labute approximate surface area is 106 Å². The molecule has 4 nitrogen and oxygen atoms in total. The molecule has 0 bridgehead atoms. The molecule has 2 atom stereocenters. The Bertz CT molecular complexity index is 465. The van der Waals surface area contributed by atoms with Crippen molar-refractivity contribution in [2.24, 2.45) is 0 Å². The number of nitrogens with zero attached hydrogens (tertiary/aromatic N) is 1. The van der Waals surface area contributed by atoms with Crippen molar-refractivity contribution in [2.75, 3.05) is 13.2 Å². The lowest BCUT2D eigenvalue weighted by Gasteiger charge is -2.23. The zero-order chi connectivity index (χ0) is 12.5. The molecule has 2 unspecified atom stereocenters. The molecule has 1 saturated heterocycles. The Morgan fingerprint density at radius 3 is 2.65 bits per heavy atom. The molecule has 1 heterocycles. The van der Waals surface area contributed by atoms with Gasteiger partial charge in [0.05, 0.1) is 6.54 Å². The van der Waals surface area contributed by atoms with E-state index in [0.29, 0.717) is 12.3 Å². The SMILES string of the molecule is CC1CN(P(C)(=O)Oc2ccccc2)C(=S)O1. The van der Waals surface area contributed by atoms with Gasteiger partial charge in [0.25, 0.3) is 5.17 Å². The molecule has 1 fully saturated rings. The molecule has 2 rings (SSSR count). The molecule has 0 aliphatic carbocycles. The van der Waals surface area contributed by atoms with Gasteiger partial charge in [0.2, 0.25) is 0 Å². The van der Waals surface area contributed by atoms with Crippen LogP contribution in [0.5, 0.6) is 5.75 Å². The van der Waals surface area contributed by atoms with Crippen molar-refractivity contribution in [3.05, 3.63) is 30.3 Å². The molecule has 17 heavy (non-hydrogen) atoms. The van der Waals surface area contributed by atoms with Gasteiger partial charge in [-0.25, -0.2) is 4.67 Å². The Balaban J connectivity index is 2.14. The van der Waals surface area contributed by atoms with Crippen LogP contribution in [0.25, 0.3) is 0 Å². The van der Waals surface area contributed by atoms with Crippen LogP contribution in [0.2, 0.25) is 0 Å². The van der Waals surface area contributed by atoms with E-state index >= 15 is 0 Å². The highest BCUT2D eigenvalue weighted by Crippen LogP contribution is 2.49. The fourth-order valence-corrected chi connectivity index (χ4v) is 3.78. The summed E-state index contributed by atoms with van der Waals surface area (Å²) in [5.41, 5.74) is 0. The molecular formula is C11H14NO3PS. The first-order valence-corrected chi connectivity index (χ1v) is 7.73. The van der Waals surface area contributed by atoms with Gasteiger partial charge in [0, 0.05) is 6.66 Å². The standard InChI is InChI=1S/C11H14NO3PS/c1-9-8-12(11(17)14-9)16(2,13)15-10-6-4-3-5-7-10/h3-7,9H,8H2,1-2H3. The predicted octanol–water partition coefficient (Wildman–Crippen LogP) is 2.89. The molecule has 1 aliphatic heterocycles. The quantitative estimate of drug-likeness (QED) is 0.624. The van der Waals surface area contributed by atoms with E-state index in [1.54, 1.807) is 18.8 Å². The second kappa shape index (κ2) is 4.67. The maximum atomic E-state index is 12.5. The van der Waals surface area contributed by atoms with E-state index in [2.05, 4.69) is 0 Å². The molecule has 0 spiro atoms. The van der Waals surface area contributed by atoms with Gasteiger partial charge >= 0.3 is 7.52 Å². The summed E-state index contributed by atoms with van der Waals surface area (Å²) in [6, 6.07) is 9.06. The molecule has 1 aliphatic rings. The van der Waals surface area contributed by atoms with Gasteiger partial charge in [-0.05, 0) is 31.3 Å². The van der Waals surface area contributed by atoms with Gasteiger partial charge in [0.1, 0.15) is 11.9 Å². The van der Waals surface area contributed by atoms with Crippen molar-refractivity contribution in [3.63, 3.8) is 0 Å². The van der Waals surface area contributed by atoms with Gasteiger partial charge in [-0.3, -0.25) is 4.57 Å². The van der Waals surface area contributed by atoms with Crippen molar-refractivity contribution in [1.82, 2.24) is 4.67 Å². The van der Waals surface area contributed by atoms with Crippen LogP contribution in [0.4, 0.5) is 0 Å². The summed E-state index contributed by atoms with van der Waals surface area (Å²) in [7, 11) is -2.99. The summed E-state index contributed by atoms with van der Waals surface area (Å²) in [6.07, 6.45) is -0.0462. The van der Waals surface area contributed by atoms with E-state index < -0.39 is 7.52 Å². The predicted molar refractivity (Wildman–Crippen MR) is 70.5 cm³/mol. The summed E-state index contributed by atoms with van der Waals surface area (Å²) in [4.78, 5) is 0. The van der Waals surface area contributed by atoms with Crippen LogP contribution >= 0.6 is 19.7 Å². The lowest BCUT2D eigenvalue weighted by Crippen LogP contribution is -2.23. The number of ether oxygens (including phenoxy) is 1. The number of hydrogen-bond donors (Lipinski definition) is 0. The second-order valence-electron chi connectivity index (χ2n) is 3.98. The molecule has 6 heteroatoms. The fourth-order valence-electron chi connectivity index (χ4n) is 1.61. The van der Waals surface area contributed by atoms with Gasteiger partial charge in [-0.15, -0.1) is 0 Å². The third-order valence-electron chi connectivity index (χ3n) is 2.40. The second-order valence-corrected chi connectivity index (χ2v) is 6.60. The van der Waals surface area contributed by atoms with Crippen LogP contribution in [0.1, 0.15) is 6.92 Å². The van der Waals surface area contributed by atoms with Crippen molar-refractivity contribution in [1.29, 1.82) is 0 Å². The van der Waals surface area contributed by atoms with Crippen LogP contribution < -0.4 is 4.52 Å². The van der Waals surface area contributed by atoms with Crippen molar-refractivity contribution in [2.45, 2.75) is 13.0 Å². The topological polar surface area (TPSA) is 38.8 Å². The van der Waals surface area contributed by atoms with Gasteiger partial charge in [0.15, 0.2) is 0 Å². The van der Waals surface area contributed by atoms with Crippen LogP contribution in [0.3, 0.4) is 0 Å². The summed E-state index contributed by atoms with van der Waals surface area (Å²) in [6.45, 7) is 3.93. The average Bonchev–Trinajstić information content (AvgIpc) is 2.59. The molecule has 0 radical (unpaired) electrons. The first-order valence-electron chi connectivity index (χ1n) is 5.30. The van der Waals surface area contributed by atoms with E-state index in [9.17, 15) is 4.57 Å². The number of hydrogen-bond acceptors (Lipinski definition) is 4. The number of benzene rings is 1. The summed E-state index contributed by atoms with van der Waals surface area (Å²) in [5, 5.41) is 0.249. The van der Waals surface area contributed by atoms with Gasteiger partial charge < -0.3 is 9.26 Å². The maximum Gasteiger partial charge on any atom is 0.343 e. The Kier molecular flexibility index (Phi) is 3.40. The minimum absolute atomic E-state index is 0.0462. The zero-order valence-corrected chi connectivity index (χ0v) is 11.4. The third-order valence-corrected chi connectivity index (χ3v) is 4.62. The van der Waals surface area contributed by atoms with E-state index in [1.165, 1.54) is 4.67 Å². The molecule has 1 aromatic rings. The molecular weight excluding hydrogens is 257 g/mol. The van der Waals surface area contributed by atoms with Crippen molar-refractivity contribution in [3.8, 4) is 5.75 Å².